The molecule has 0 amide bonds. The quantitative estimate of drug-likeness (QED) is 0.868. The average molecular weight is 276 g/mol. The Hall–Kier alpha value is -0.770. The first-order chi connectivity index (χ1) is 7.91. The largest absolute Gasteiger partial charge is 0.480 e. The van der Waals surface area contributed by atoms with Gasteiger partial charge in [-0.25, -0.2) is 0 Å². The second-order valence-corrected chi connectivity index (χ2v) is 5.02. The third kappa shape index (κ3) is 4.19. The lowest BCUT2D eigenvalue weighted by atomic mass is 10.0. The third-order valence-corrected chi connectivity index (χ3v) is 3.05. The van der Waals surface area contributed by atoms with Crippen LogP contribution >= 0.6 is 23.2 Å². The molecule has 0 aromatic heterocycles. The molecule has 3 nitrogen and oxygen atoms in total. The fourth-order valence-corrected chi connectivity index (χ4v) is 1.97. The van der Waals surface area contributed by atoms with Crippen molar-refractivity contribution in [2.24, 2.45) is 5.92 Å². The lowest BCUT2D eigenvalue weighted by Gasteiger charge is -2.18. The summed E-state index contributed by atoms with van der Waals surface area (Å²) in [7, 11) is 0. The second kappa shape index (κ2) is 6.24. The minimum atomic E-state index is -0.856. The topological polar surface area (TPSA) is 49.3 Å². The van der Waals surface area contributed by atoms with E-state index in [4.69, 9.17) is 28.3 Å². The van der Waals surface area contributed by atoms with E-state index >= 15 is 0 Å². The number of carbonyl (C=O) groups is 1. The van der Waals surface area contributed by atoms with Gasteiger partial charge in [0.1, 0.15) is 6.04 Å². The molecule has 94 valence electrons. The van der Waals surface area contributed by atoms with Crippen molar-refractivity contribution in [1.82, 2.24) is 5.32 Å². The van der Waals surface area contributed by atoms with Crippen molar-refractivity contribution >= 4 is 29.2 Å². The van der Waals surface area contributed by atoms with Crippen LogP contribution in [0.4, 0.5) is 0 Å². The molecule has 2 N–H and O–H groups in total. The summed E-state index contributed by atoms with van der Waals surface area (Å²) in [6.07, 6.45) is 0. The number of carboxylic acid groups (broad SMARTS) is 1. The summed E-state index contributed by atoms with van der Waals surface area (Å²) in [5.41, 5.74) is 0.836. The molecule has 5 heteroatoms. The highest BCUT2D eigenvalue weighted by atomic mass is 35.5. The zero-order valence-corrected chi connectivity index (χ0v) is 11.2. The van der Waals surface area contributed by atoms with E-state index in [0.29, 0.717) is 16.6 Å². The van der Waals surface area contributed by atoms with Crippen molar-refractivity contribution in [2.75, 3.05) is 0 Å². The van der Waals surface area contributed by atoms with E-state index in [0.717, 1.165) is 5.56 Å². The van der Waals surface area contributed by atoms with E-state index in [2.05, 4.69) is 5.32 Å². The van der Waals surface area contributed by atoms with Gasteiger partial charge in [-0.3, -0.25) is 4.79 Å². The van der Waals surface area contributed by atoms with Gasteiger partial charge in [-0.05, 0) is 23.6 Å². The fraction of sp³-hybridized carbons (Fsp3) is 0.417. The molecule has 0 unspecified atom stereocenters. The number of hydrogen-bond donors (Lipinski definition) is 2. The monoisotopic (exact) mass is 275 g/mol. The molecule has 1 aromatic rings. The number of rotatable bonds is 5. The Labute approximate surface area is 111 Å². The number of halogens is 2. The highest BCUT2D eigenvalue weighted by Crippen LogP contribution is 2.21. The fourth-order valence-electron chi connectivity index (χ4n) is 1.49. The van der Waals surface area contributed by atoms with Gasteiger partial charge in [-0.2, -0.15) is 0 Å². The number of carboxylic acids is 1. The summed E-state index contributed by atoms with van der Waals surface area (Å²) in [5.74, 6) is -0.844. The van der Waals surface area contributed by atoms with Gasteiger partial charge in [-0.1, -0.05) is 43.1 Å². The molecule has 0 fully saturated rings. The molecule has 1 rings (SSSR count). The highest BCUT2D eigenvalue weighted by Gasteiger charge is 2.20. The van der Waals surface area contributed by atoms with Crippen LogP contribution in [-0.4, -0.2) is 17.1 Å². The van der Waals surface area contributed by atoms with Crippen molar-refractivity contribution < 1.29 is 9.90 Å². The van der Waals surface area contributed by atoms with Crippen LogP contribution in [-0.2, 0) is 11.3 Å². The van der Waals surface area contributed by atoms with Crippen molar-refractivity contribution in [3.05, 3.63) is 33.8 Å². The van der Waals surface area contributed by atoms with Gasteiger partial charge in [-0.15, -0.1) is 0 Å². The molecular weight excluding hydrogens is 261 g/mol. The van der Waals surface area contributed by atoms with Crippen LogP contribution in [0.25, 0.3) is 0 Å². The minimum Gasteiger partial charge on any atom is -0.480 e. The van der Waals surface area contributed by atoms with Crippen molar-refractivity contribution in [2.45, 2.75) is 26.4 Å². The standard InChI is InChI=1S/C12H15Cl2NO2/c1-7(2)11(12(16)17)15-6-8-3-4-9(13)5-10(8)14/h3-5,7,11,15H,6H2,1-2H3,(H,16,17)/t11-/m1/s1. The smallest absolute Gasteiger partial charge is 0.320 e. The minimum absolute atomic E-state index is 0.0126. The first-order valence-electron chi connectivity index (χ1n) is 5.32. The van der Waals surface area contributed by atoms with Gasteiger partial charge in [0.15, 0.2) is 0 Å². The van der Waals surface area contributed by atoms with Crippen LogP contribution in [0.1, 0.15) is 19.4 Å². The number of benzene rings is 1. The van der Waals surface area contributed by atoms with E-state index in [1.54, 1.807) is 18.2 Å². The van der Waals surface area contributed by atoms with E-state index in [9.17, 15) is 4.79 Å². The Bertz CT molecular complexity index is 407. The summed E-state index contributed by atoms with van der Waals surface area (Å²) in [6.45, 7) is 4.12. The van der Waals surface area contributed by atoms with Crippen LogP contribution < -0.4 is 5.32 Å². The Morgan fingerprint density at radius 1 is 1.41 bits per heavy atom. The summed E-state index contributed by atoms with van der Waals surface area (Å²) >= 11 is 11.8. The maximum Gasteiger partial charge on any atom is 0.320 e. The van der Waals surface area contributed by atoms with Gasteiger partial charge in [0.05, 0.1) is 0 Å². The van der Waals surface area contributed by atoms with Gasteiger partial charge in [0.25, 0.3) is 0 Å². The summed E-state index contributed by atoms with van der Waals surface area (Å²) in [6, 6.07) is 4.58. The lowest BCUT2D eigenvalue weighted by Crippen LogP contribution is -2.40. The normalized spacial score (nSPS) is 12.8. The van der Waals surface area contributed by atoms with E-state index < -0.39 is 12.0 Å². The molecule has 0 aliphatic heterocycles. The van der Waals surface area contributed by atoms with Crippen LogP contribution in [0.5, 0.6) is 0 Å². The first kappa shape index (κ1) is 14.3. The SMILES string of the molecule is CC(C)[C@@H](NCc1ccc(Cl)cc1Cl)C(=O)O. The van der Waals surface area contributed by atoms with E-state index in [-0.39, 0.29) is 5.92 Å². The van der Waals surface area contributed by atoms with E-state index in [1.165, 1.54) is 0 Å². The summed E-state index contributed by atoms with van der Waals surface area (Å²) < 4.78 is 0. The molecule has 0 bridgehead atoms. The molecule has 0 heterocycles. The zero-order chi connectivity index (χ0) is 13.0. The molecule has 0 spiro atoms. The molecule has 0 saturated heterocycles. The van der Waals surface area contributed by atoms with Gasteiger partial charge in [0, 0.05) is 16.6 Å². The molecule has 0 aliphatic rings. The van der Waals surface area contributed by atoms with Gasteiger partial charge < -0.3 is 10.4 Å². The van der Waals surface area contributed by atoms with Crippen LogP contribution in [0.15, 0.2) is 18.2 Å². The number of aliphatic carboxylic acids is 1. The van der Waals surface area contributed by atoms with Crippen LogP contribution in [0.2, 0.25) is 10.0 Å². The molecule has 1 atom stereocenters. The van der Waals surface area contributed by atoms with Gasteiger partial charge >= 0.3 is 5.97 Å². The zero-order valence-electron chi connectivity index (χ0n) is 9.71. The number of hydrogen-bond acceptors (Lipinski definition) is 2. The first-order valence-corrected chi connectivity index (χ1v) is 6.07. The molecular formula is C12H15Cl2NO2. The van der Waals surface area contributed by atoms with Crippen molar-refractivity contribution in [1.29, 1.82) is 0 Å². The Morgan fingerprint density at radius 3 is 2.53 bits per heavy atom. The Morgan fingerprint density at radius 2 is 2.06 bits per heavy atom. The maximum absolute atomic E-state index is 11.0. The maximum atomic E-state index is 11.0. The van der Waals surface area contributed by atoms with Crippen molar-refractivity contribution in [3.63, 3.8) is 0 Å². The Balaban J connectivity index is 2.69. The van der Waals surface area contributed by atoms with Gasteiger partial charge in [0.2, 0.25) is 0 Å². The molecule has 1 aromatic carbocycles. The molecule has 17 heavy (non-hydrogen) atoms. The summed E-state index contributed by atoms with van der Waals surface area (Å²) in [5, 5.41) is 13.1. The Kier molecular flexibility index (Phi) is 5.25. The second-order valence-electron chi connectivity index (χ2n) is 4.18. The molecule has 0 aliphatic carbocycles. The average Bonchev–Trinajstić information content (AvgIpc) is 2.20. The third-order valence-electron chi connectivity index (χ3n) is 2.46. The predicted octanol–water partition coefficient (Wildman–Crippen LogP) is 3.19. The lowest BCUT2D eigenvalue weighted by molar-refractivity contribution is -0.140. The number of nitrogens with one attached hydrogen (secondary N) is 1. The molecule has 0 saturated carbocycles. The van der Waals surface area contributed by atoms with Crippen LogP contribution in [0.3, 0.4) is 0 Å². The van der Waals surface area contributed by atoms with E-state index in [1.807, 2.05) is 13.8 Å². The summed E-state index contributed by atoms with van der Waals surface area (Å²) in [4.78, 5) is 11.0. The van der Waals surface area contributed by atoms with Crippen molar-refractivity contribution in [3.8, 4) is 0 Å². The van der Waals surface area contributed by atoms with Crippen LogP contribution in [0, 0.1) is 5.92 Å². The predicted molar refractivity (Wildman–Crippen MR) is 69.6 cm³/mol. The highest BCUT2D eigenvalue weighted by molar-refractivity contribution is 6.35. The molecule has 0 radical (unpaired) electrons.